The van der Waals surface area contributed by atoms with Crippen LogP contribution in [0.15, 0.2) is 83.8 Å². The van der Waals surface area contributed by atoms with E-state index in [4.69, 9.17) is 11.6 Å². The first kappa shape index (κ1) is 19.5. The zero-order chi connectivity index (χ0) is 19.2. The summed E-state index contributed by atoms with van der Waals surface area (Å²) in [6, 6.07) is 25.6. The number of hydrogen-bond donors (Lipinski definition) is 1. The third-order valence-corrected chi connectivity index (χ3v) is 5.78. The van der Waals surface area contributed by atoms with Gasteiger partial charge in [0.1, 0.15) is 0 Å². The van der Waals surface area contributed by atoms with Crippen LogP contribution in [-0.2, 0) is 4.79 Å². The van der Waals surface area contributed by atoms with Crippen LogP contribution in [0.5, 0.6) is 0 Å². The smallest absolute Gasteiger partial charge is 0.233 e. The molecule has 0 aromatic heterocycles. The second-order valence-electron chi connectivity index (χ2n) is 6.42. The van der Waals surface area contributed by atoms with Crippen LogP contribution in [0.1, 0.15) is 29.7 Å². The van der Waals surface area contributed by atoms with Crippen LogP contribution < -0.4 is 5.32 Å². The number of nitrogens with one attached hydrogen (secondary N) is 1. The summed E-state index contributed by atoms with van der Waals surface area (Å²) in [4.78, 5) is 13.9. The normalized spacial score (nSPS) is 13.0. The van der Waals surface area contributed by atoms with Crippen molar-refractivity contribution in [2.24, 2.45) is 0 Å². The molecule has 2 atom stereocenters. The molecule has 3 aromatic carbocycles. The second kappa shape index (κ2) is 9.12. The van der Waals surface area contributed by atoms with Gasteiger partial charge in [0.05, 0.1) is 11.3 Å². The number of benzene rings is 3. The van der Waals surface area contributed by atoms with Gasteiger partial charge in [-0.2, -0.15) is 0 Å². The van der Waals surface area contributed by atoms with Crippen LogP contribution in [0.25, 0.3) is 0 Å². The molecule has 0 aliphatic heterocycles. The summed E-state index contributed by atoms with van der Waals surface area (Å²) >= 11 is 7.47. The molecule has 4 heteroatoms. The Hall–Kier alpha value is -2.23. The molecule has 27 heavy (non-hydrogen) atoms. The molecule has 0 spiro atoms. The molecule has 0 radical (unpaired) electrons. The predicted octanol–water partition coefficient (Wildman–Crippen LogP) is 6.03. The molecule has 0 unspecified atom stereocenters. The van der Waals surface area contributed by atoms with E-state index in [2.05, 4.69) is 24.4 Å². The van der Waals surface area contributed by atoms with E-state index < -0.39 is 0 Å². The Kier molecular flexibility index (Phi) is 6.59. The van der Waals surface area contributed by atoms with Gasteiger partial charge in [0.25, 0.3) is 0 Å². The average Bonchev–Trinajstić information content (AvgIpc) is 2.69. The highest BCUT2D eigenvalue weighted by Gasteiger charge is 2.22. The number of hydrogen-bond acceptors (Lipinski definition) is 2. The van der Waals surface area contributed by atoms with Crippen molar-refractivity contribution in [3.63, 3.8) is 0 Å². The van der Waals surface area contributed by atoms with Crippen molar-refractivity contribution in [3.8, 4) is 0 Å². The Bertz CT molecular complexity index is 896. The highest BCUT2D eigenvalue weighted by molar-refractivity contribution is 8.00. The van der Waals surface area contributed by atoms with Crippen LogP contribution in [0, 0.1) is 6.92 Å². The Balaban J connectivity index is 1.80. The molecule has 2 nitrogen and oxygen atoms in total. The molecule has 0 bridgehead atoms. The molecular formula is C23H22ClNOS. The van der Waals surface area contributed by atoms with Crippen molar-refractivity contribution >= 4 is 29.3 Å². The van der Waals surface area contributed by atoms with Gasteiger partial charge >= 0.3 is 0 Å². The van der Waals surface area contributed by atoms with Gasteiger partial charge in [-0.05, 0) is 54.8 Å². The van der Waals surface area contributed by atoms with Crippen molar-refractivity contribution < 1.29 is 4.79 Å². The number of thioether (sulfide) groups is 1. The van der Waals surface area contributed by atoms with Crippen LogP contribution in [-0.4, -0.2) is 11.2 Å². The Labute approximate surface area is 170 Å². The summed E-state index contributed by atoms with van der Waals surface area (Å²) in [7, 11) is 0. The van der Waals surface area contributed by atoms with E-state index in [1.54, 1.807) is 0 Å². The largest absolute Gasteiger partial charge is 0.344 e. The standard InChI is InChI=1S/C23H22ClNOS/c1-16-8-6-7-11-21(16)22(18-9-4-3-5-10-18)25-23(26)17(2)27-20-14-12-19(24)13-15-20/h3-15,17,22H,1-2H3,(H,25,26)/t17-,22-/m0/s1. The van der Waals surface area contributed by atoms with Crippen LogP contribution in [0.3, 0.4) is 0 Å². The monoisotopic (exact) mass is 395 g/mol. The lowest BCUT2D eigenvalue weighted by molar-refractivity contribution is -0.120. The minimum absolute atomic E-state index is 0.00653. The van der Waals surface area contributed by atoms with Gasteiger partial charge < -0.3 is 5.32 Å². The van der Waals surface area contributed by atoms with Gasteiger partial charge in [-0.25, -0.2) is 0 Å². The van der Waals surface area contributed by atoms with Crippen LogP contribution in [0.4, 0.5) is 0 Å². The maximum atomic E-state index is 12.9. The fourth-order valence-electron chi connectivity index (χ4n) is 2.93. The van der Waals surface area contributed by atoms with Crippen molar-refractivity contribution in [1.82, 2.24) is 5.32 Å². The van der Waals surface area contributed by atoms with Gasteiger partial charge in [-0.1, -0.05) is 66.2 Å². The van der Waals surface area contributed by atoms with Gasteiger partial charge in [0, 0.05) is 9.92 Å². The highest BCUT2D eigenvalue weighted by Crippen LogP contribution is 2.28. The minimum atomic E-state index is -0.221. The van der Waals surface area contributed by atoms with E-state index in [-0.39, 0.29) is 17.2 Å². The summed E-state index contributed by atoms with van der Waals surface area (Å²) in [5.41, 5.74) is 3.34. The first-order valence-corrected chi connectivity index (χ1v) is 10.1. The lowest BCUT2D eigenvalue weighted by Crippen LogP contribution is -2.35. The molecule has 0 aliphatic rings. The second-order valence-corrected chi connectivity index (χ2v) is 8.27. The molecule has 3 aromatic rings. The lowest BCUT2D eigenvalue weighted by atomic mass is 9.95. The van der Waals surface area contributed by atoms with E-state index in [0.717, 1.165) is 21.6 Å². The highest BCUT2D eigenvalue weighted by atomic mass is 35.5. The number of rotatable bonds is 6. The first-order chi connectivity index (χ1) is 13.0. The molecular weight excluding hydrogens is 374 g/mol. The summed E-state index contributed by atoms with van der Waals surface area (Å²) in [5, 5.41) is 3.71. The SMILES string of the molecule is Cc1ccccc1[C@@H](NC(=O)[C@H](C)Sc1ccc(Cl)cc1)c1ccccc1. The summed E-state index contributed by atoms with van der Waals surface area (Å²) in [5.74, 6) is 0.00653. The zero-order valence-corrected chi connectivity index (χ0v) is 16.9. The van der Waals surface area contributed by atoms with Crippen LogP contribution >= 0.6 is 23.4 Å². The van der Waals surface area contributed by atoms with Crippen molar-refractivity contribution in [3.05, 3.63) is 101 Å². The topological polar surface area (TPSA) is 29.1 Å². The van der Waals surface area contributed by atoms with E-state index in [9.17, 15) is 4.79 Å². The molecule has 138 valence electrons. The lowest BCUT2D eigenvalue weighted by Gasteiger charge is -2.23. The molecule has 0 heterocycles. The van der Waals surface area contributed by atoms with Gasteiger partial charge in [0.2, 0.25) is 5.91 Å². The summed E-state index contributed by atoms with van der Waals surface area (Å²) in [6.07, 6.45) is 0. The Morgan fingerprint density at radius 3 is 2.22 bits per heavy atom. The fourth-order valence-corrected chi connectivity index (χ4v) is 3.93. The number of halogens is 1. The van der Waals surface area contributed by atoms with E-state index in [0.29, 0.717) is 5.02 Å². The maximum Gasteiger partial charge on any atom is 0.233 e. The molecule has 0 aliphatic carbocycles. The third kappa shape index (κ3) is 5.15. The average molecular weight is 396 g/mol. The number of carbonyl (C=O) groups is 1. The zero-order valence-electron chi connectivity index (χ0n) is 15.4. The van der Waals surface area contributed by atoms with Gasteiger partial charge in [-0.3, -0.25) is 4.79 Å². The Morgan fingerprint density at radius 1 is 0.926 bits per heavy atom. The van der Waals surface area contributed by atoms with E-state index >= 15 is 0 Å². The number of aryl methyl sites for hydroxylation is 1. The predicted molar refractivity (Wildman–Crippen MR) is 114 cm³/mol. The van der Waals surface area contributed by atoms with Crippen molar-refractivity contribution in [2.75, 3.05) is 0 Å². The molecule has 1 amide bonds. The fraction of sp³-hybridized carbons (Fsp3) is 0.174. The maximum absolute atomic E-state index is 12.9. The van der Waals surface area contributed by atoms with E-state index in [1.807, 2.05) is 73.7 Å². The van der Waals surface area contributed by atoms with Gasteiger partial charge in [-0.15, -0.1) is 11.8 Å². The molecule has 0 saturated heterocycles. The first-order valence-electron chi connectivity index (χ1n) is 8.87. The summed E-state index contributed by atoms with van der Waals surface area (Å²) in [6.45, 7) is 4.00. The molecule has 0 fully saturated rings. The summed E-state index contributed by atoms with van der Waals surface area (Å²) < 4.78 is 0. The van der Waals surface area contributed by atoms with Crippen LogP contribution in [0.2, 0.25) is 5.02 Å². The molecule has 1 N–H and O–H groups in total. The number of amides is 1. The van der Waals surface area contributed by atoms with Crippen molar-refractivity contribution in [1.29, 1.82) is 0 Å². The Morgan fingerprint density at radius 2 is 1.56 bits per heavy atom. The van der Waals surface area contributed by atoms with Crippen molar-refractivity contribution in [2.45, 2.75) is 30.0 Å². The molecule has 0 saturated carbocycles. The van der Waals surface area contributed by atoms with Gasteiger partial charge in [0.15, 0.2) is 0 Å². The minimum Gasteiger partial charge on any atom is -0.344 e. The van der Waals surface area contributed by atoms with E-state index in [1.165, 1.54) is 11.8 Å². The third-order valence-electron chi connectivity index (χ3n) is 4.41. The number of carbonyl (C=O) groups excluding carboxylic acids is 1. The quantitative estimate of drug-likeness (QED) is 0.516. The molecule has 3 rings (SSSR count).